The Labute approximate surface area is 111 Å². The van der Waals surface area contributed by atoms with Gasteiger partial charge in [0.25, 0.3) is 6.43 Å². The highest BCUT2D eigenvalue weighted by molar-refractivity contribution is 14.1. The molecule has 4 nitrogen and oxygen atoms in total. The smallest absolute Gasteiger partial charge is 0.310 e. The number of aromatic nitrogens is 1. The molecule has 0 saturated carbocycles. The zero-order valence-corrected chi connectivity index (χ0v) is 11.2. The van der Waals surface area contributed by atoms with Gasteiger partial charge in [0, 0.05) is 11.8 Å². The van der Waals surface area contributed by atoms with E-state index >= 15 is 0 Å². The minimum absolute atomic E-state index is 0.0952. The number of esters is 1. The Hall–Kier alpha value is -0.990. The Kier molecular flexibility index (Phi) is 5.03. The molecule has 0 fully saturated rings. The van der Waals surface area contributed by atoms with Crippen LogP contribution in [0.4, 0.5) is 14.5 Å². The van der Waals surface area contributed by atoms with E-state index in [4.69, 9.17) is 10.5 Å². The van der Waals surface area contributed by atoms with Gasteiger partial charge in [0.2, 0.25) is 0 Å². The van der Waals surface area contributed by atoms with Crippen LogP contribution in [0.1, 0.15) is 24.5 Å². The molecule has 0 radical (unpaired) electrons. The van der Waals surface area contributed by atoms with Crippen molar-refractivity contribution in [2.24, 2.45) is 0 Å². The molecule has 1 aromatic heterocycles. The van der Waals surface area contributed by atoms with Crippen molar-refractivity contribution in [2.45, 2.75) is 19.8 Å². The number of hydrogen-bond donors (Lipinski definition) is 1. The van der Waals surface area contributed by atoms with Crippen LogP contribution in [0.15, 0.2) is 6.20 Å². The number of nitrogen functional groups attached to an aromatic ring is 1. The number of carbonyl (C=O) groups excluding carboxylic acids is 1. The number of anilines is 1. The molecule has 1 aromatic rings. The number of nitrogens with two attached hydrogens (primary N) is 1. The highest BCUT2D eigenvalue weighted by Crippen LogP contribution is 2.29. The van der Waals surface area contributed by atoms with Gasteiger partial charge in [0.05, 0.1) is 18.7 Å². The lowest BCUT2D eigenvalue weighted by atomic mass is 10.1. The van der Waals surface area contributed by atoms with Crippen molar-refractivity contribution >= 4 is 34.2 Å². The second kappa shape index (κ2) is 6.08. The van der Waals surface area contributed by atoms with Crippen LogP contribution in [-0.4, -0.2) is 17.6 Å². The Morgan fingerprint density at radius 2 is 2.29 bits per heavy atom. The zero-order chi connectivity index (χ0) is 13.0. The Morgan fingerprint density at radius 3 is 2.82 bits per heavy atom. The predicted octanol–water partition coefficient (Wildman–Crippen LogP) is 2.31. The van der Waals surface area contributed by atoms with Crippen molar-refractivity contribution < 1.29 is 18.3 Å². The molecule has 94 valence electrons. The highest BCUT2D eigenvalue weighted by Gasteiger charge is 2.20. The summed E-state index contributed by atoms with van der Waals surface area (Å²) >= 11 is 1.83. The van der Waals surface area contributed by atoms with E-state index in [-0.39, 0.29) is 29.8 Å². The Balaban J connectivity index is 3.10. The number of rotatable bonds is 4. The first-order valence-electron chi connectivity index (χ1n) is 4.83. The SMILES string of the molecule is CCOC(=O)Cc1c(C(F)F)cnc(I)c1N. The molecule has 17 heavy (non-hydrogen) atoms. The van der Waals surface area contributed by atoms with Crippen LogP contribution in [0.2, 0.25) is 0 Å². The summed E-state index contributed by atoms with van der Waals surface area (Å²) in [6, 6.07) is 0. The maximum atomic E-state index is 12.7. The number of ether oxygens (including phenoxy) is 1. The predicted molar refractivity (Wildman–Crippen MR) is 66.7 cm³/mol. The van der Waals surface area contributed by atoms with Crippen molar-refractivity contribution in [3.8, 4) is 0 Å². The van der Waals surface area contributed by atoms with Crippen molar-refractivity contribution in [1.29, 1.82) is 0 Å². The molecule has 0 aliphatic rings. The second-order valence-electron chi connectivity index (χ2n) is 3.18. The van der Waals surface area contributed by atoms with Gasteiger partial charge >= 0.3 is 5.97 Å². The summed E-state index contributed by atoms with van der Waals surface area (Å²) in [5.74, 6) is -0.580. The molecule has 2 N–H and O–H groups in total. The maximum Gasteiger partial charge on any atom is 0.310 e. The minimum Gasteiger partial charge on any atom is -0.466 e. The third-order valence-electron chi connectivity index (χ3n) is 2.07. The number of halogens is 3. The van der Waals surface area contributed by atoms with Gasteiger partial charge in [0.1, 0.15) is 3.70 Å². The third-order valence-corrected chi connectivity index (χ3v) is 2.93. The number of pyridine rings is 1. The molecule has 0 aliphatic carbocycles. The lowest BCUT2D eigenvalue weighted by Gasteiger charge is -2.12. The number of carbonyl (C=O) groups is 1. The van der Waals surface area contributed by atoms with Crippen molar-refractivity contribution in [2.75, 3.05) is 12.3 Å². The van der Waals surface area contributed by atoms with Crippen LogP contribution in [-0.2, 0) is 16.0 Å². The standard InChI is InChI=1S/C10H11F2IN2O2/c1-2-17-7(16)3-5-6(9(11)12)4-15-10(13)8(5)14/h4,9H,2-3,14H2,1H3. The molecule has 0 spiro atoms. The van der Waals surface area contributed by atoms with Gasteiger partial charge in [-0.15, -0.1) is 0 Å². The fourth-order valence-electron chi connectivity index (χ4n) is 1.30. The Morgan fingerprint density at radius 1 is 1.65 bits per heavy atom. The van der Waals surface area contributed by atoms with Gasteiger partial charge in [-0.2, -0.15) is 0 Å². The number of alkyl halides is 2. The first-order chi connectivity index (χ1) is 7.97. The summed E-state index contributed by atoms with van der Waals surface area (Å²) in [6.45, 7) is 1.84. The van der Waals surface area contributed by atoms with E-state index in [1.54, 1.807) is 6.92 Å². The fourth-order valence-corrected chi connectivity index (χ4v) is 1.76. The summed E-state index contributed by atoms with van der Waals surface area (Å²) < 4.78 is 30.6. The average Bonchev–Trinajstić information content (AvgIpc) is 2.25. The molecule has 0 aliphatic heterocycles. The third kappa shape index (κ3) is 3.48. The molecule has 0 bridgehead atoms. The van der Waals surface area contributed by atoms with Crippen LogP contribution < -0.4 is 5.73 Å². The second-order valence-corrected chi connectivity index (χ2v) is 4.20. The van der Waals surface area contributed by atoms with E-state index < -0.39 is 12.4 Å². The normalized spacial score (nSPS) is 10.6. The van der Waals surface area contributed by atoms with E-state index in [1.807, 2.05) is 22.6 Å². The van der Waals surface area contributed by atoms with Crippen molar-refractivity contribution in [3.05, 3.63) is 21.0 Å². The molecule has 1 heterocycles. The maximum absolute atomic E-state index is 12.7. The van der Waals surface area contributed by atoms with Crippen LogP contribution >= 0.6 is 22.6 Å². The summed E-state index contributed by atoms with van der Waals surface area (Å²) in [4.78, 5) is 15.0. The van der Waals surface area contributed by atoms with E-state index in [0.717, 1.165) is 6.20 Å². The molecular weight excluding hydrogens is 345 g/mol. The zero-order valence-electron chi connectivity index (χ0n) is 9.04. The lowest BCUT2D eigenvalue weighted by molar-refractivity contribution is -0.142. The molecule has 0 atom stereocenters. The summed E-state index contributed by atoms with van der Waals surface area (Å²) in [5, 5.41) is 0. The molecule has 0 aromatic carbocycles. The highest BCUT2D eigenvalue weighted by atomic mass is 127. The monoisotopic (exact) mass is 356 g/mol. The molecule has 1 rings (SSSR count). The average molecular weight is 356 g/mol. The van der Waals surface area contributed by atoms with Gasteiger partial charge in [-0.3, -0.25) is 4.79 Å². The van der Waals surface area contributed by atoms with Gasteiger partial charge < -0.3 is 10.5 Å². The van der Waals surface area contributed by atoms with E-state index in [1.165, 1.54) is 0 Å². The summed E-state index contributed by atoms with van der Waals surface area (Å²) in [7, 11) is 0. The molecule has 7 heteroatoms. The van der Waals surface area contributed by atoms with Gasteiger partial charge in [0.15, 0.2) is 0 Å². The summed E-state index contributed by atoms with van der Waals surface area (Å²) in [5.41, 5.74) is 5.53. The van der Waals surface area contributed by atoms with Crippen LogP contribution in [0, 0.1) is 3.70 Å². The topological polar surface area (TPSA) is 65.2 Å². The summed E-state index contributed by atoms with van der Waals surface area (Å²) in [6.07, 6.45) is -1.94. The number of nitrogens with zero attached hydrogens (tertiary/aromatic N) is 1. The minimum atomic E-state index is -2.72. The molecule has 0 amide bonds. The van der Waals surface area contributed by atoms with Crippen molar-refractivity contribution in [1.82, 2.24) is 4.98 Å². The van der Waals surface area contributed by atoms with Gasteiger partial charge in [-0.1, -0.05) is 0 Å². The fraction of sp³-hybridized carbons (Fsp3) is 0.400. The molecular formula is C10H11F2IN2O2. The molecule has 0 saturated heterocycles. The number of hydrogen-bond acceptors (Lipinski definition) is 4. The van der Waals surface area contributed by atoms with Crippen LogP contribution in [0.25, 0.3) is 0 Å². The molecule has 0 unspecified atom stereocenters. The largest absolute Gasteiger partial charge is 0.466 e. The quantitative estimate of drug-likeness (QED) is 0.511. The van der Waals surface area contributed by atoms with Gasteiger partial charge in [-0.25, -0.2) is 13.8 Å². The lowest BCUT2D eigenvalue weighted by Crippen LogP contribution is -2.13. The first kappa shape index (κ1) is 14.1. The van der Waals surface area contributed by atoms with Gasteiger partial charge in [-0.05, 0) is 35.1 Å². The van der Waals surface area contributed by atoms with E-state index in [0.29, 0.717) is 3.70 Å². The Bertz CT molecular complexity index is 427. The van der Waals surface area contributed by atoms with Crippen LogP contribution in [0.5, 0.6) is 0 Å². The van der Waals surface area contributed by atoms with E-state index in [2.05, 4.69) is 4.98 Å². The first-order valence-corrected chi connectivity index (χ1v) is 5.91. The van der Waals surface area contributed by atoms with E-state index in [9.17, 15) is 13.6 Å². The van der Waals surface area contributed by atoms with Crippen LogP contribution in [0.3, 0.4) is 0 Å². The van der Waals surface area contributed by atoms with Crippen molar-refractivity contribution in [3.63, 3.8) is 0 Å².